The quantitative estimate of drug-likeness (QED) is 0.313. The second-order valence-electron chi connectivity index (χ2n) is 1.44. The molecule has 0 radical (unpaired) electrons. The second kappa shape index (κ2) is 6.81. The zero-order valence-corrected chi connectivity index (χ0v) is 8.99. The molecule has 0 N–H and O–H groups in total. The van der Waals surface area contributed by atoms with E-state index in [1.165, 1.54) is 0 Å². The van der Waals surface area contributed by atoms with Crippen LogP contribution in [0.4, 0.5) is 0 Å². The molecular weight excluding hydrogens is 145 g/mol. The van der Waals surface area contributed by atoms with Gasteiger partial charge in [-0.15, -0.1) is 0 Å². The molecule has 0 fully saturated rings. The molecule has 48 valence electrons. The summed E-state index contributed by atoms with van der Waals surface area (Å²) in [7, 11) is 0. The third-order valence-electron chi connectivity index (χ3n) is 1.02. The van der Waals surface area contributed by atoms with Crippen molar-refractivity contribution in [3.63, 3.8) is 0 Å². The van der Waals surface area contributed by atoms with E-state index in [4.69, 9.17) is 0 Å². The van der Waals surface area contributed by atoms with Crippen molar-refractivity contribution >= 4 is 17.4 Å². The van der Waals surface area contributed by atoms with Crippen LogP contribution in [0, 0.1) is 0 Å². The van der Waals surface area contributed by atoms with Gasteiger partial charge in [0.05, 0.1) is 0 Å². The van der Waals surface area contributed by atoms with Crippen LogP contribution in [0.3, 0.4) is 0 Å². The Balaban J connectivity index is 0. The Kier molecular flexibility index (Phi) is 9.36. The summed E-state index contributed by atoms with van der Waals surface area (Å²) in [6, 6.07) is 0. The van der Waals surface area contributed by atoms with Crippen molar-refractivity contribution in [3.8, 4) is 0 Å². The third-order valence-corrected chi connectivity index (χ3v) is 1.28. The Morgan fingerprint density at radius 2 is 1.78 bits per heavy atom. The first-order valence-electron chi connectivity index (χ1n) is 2.68. The molecule has 0 rings (SSSR count). The van der Waals surface area contributed by atoms with Gasteiger partial charge in [-0.25, -0.2) is 0 Å². The molecule has 0 aliphatic rings. The van der Waals surface area contributed by atoms with Gasteiger partial charge in [0, 0.05) is 18.3 Å². The fraction of sp³-hybridized carbons (Fsp3) is 0.800. The summed E-state index contributed by atoms with van der Waals surface area (Å²) >= 11 is 4.39. The van der Waals surface area contributed by atoms with Crippen molar-refractivity contribution in [2.75, 3.05) is 13.1 Å². The monoisotopic (exact) mass is 155 g/mol. The molecule has 0 spiro atoms. The molecule has 0 atom stereocenters. The van der Waals surface area contributed by atoms with E-state index < -0.39 is 0 Å². The van der Waals surface area contributed by atoms with E-state index in [-0.39, 0.29) is 34.7 Å². The first kappa shape index (κ1) is 12.4. The smallest absolute Gasteiger partial charge is 0.852 e. The normalized spacial score (nSPS) is 7.78. The van der Waals surface area contributed by atoms with E-state index in [0.29, 0.717) is 0 Å². The van der Waals surface area contributed by atoms with Crippen LogP contribution in [0.5, 0.6) is 0 Å². The molecule has 9 heavy (non-hydrogen) atoms. The van der Waals surface area contributed by atoms with E-state index in [2.05, 4.69) is 12.2 Å². The number of hydrogen-bond acceptors (Lipinski definition) is 2. The fourth-order valence-electron chi connectivity index (χ4n) is 0.482. The largest absolute Gasteiger partial charge is 1.00 e. The van der Waals surface area contributed by atoms with Gasteiger partial charge >= 0.3 is 29.6 Å². The molecule has 0 aromatic rings. The van der Waals surface area contributed by atoms with Crippen LogP contribution >= 0.6 is 12.2 Å². The summed E-state index contributed by atoms with van der Waals surface area (Å²) in [5, 5.41) is 10.1. The number of hydrogen-bond donors (Lipinski definition) is 0. The Labute approximate surface area is 83.5 Å². The van der Waals surface area contributed by atoms with Crippen molar-refractivity contribution in [1.29, 1.82) is 0 Å². The first-order valence-corrected chi connectivity index (χ1v) is 3.09. The maximum absolute atomic E-state index is 10.3. The van der Waals surface area contributed by atoms with Crippen LogP contribution in [0.25, 0.3) is 0 Å². The number of rotatable bonds is 2. The average Bonchev–Trinajstić information content (AvgIpc) is 1.69. The minimum Gasteiger partial charge on any atom is -0.852 e. The van der Waals surface area contributed by atoms with Gasteiger partial charge in [-0.05, 0) is 13.8 Å². The Morgan fingerprint density at radius 3 is 1.78 bits per heavy atom. The molecule has 2 nitrogen and oxygen atoms in total. The van der Waals surface area contributed by atoms with Gasteiger partial charge < -0.3 is 10.0 Å². The molecule has 0 amide bonds. The summed E-state index contributed by atoms with van der Waals surface area (Å²) in [6.45, 7) is 5.26. The van der Waals surface area contributed by atoms with E-state index in [1.807, 2.05) is 13.8 Å². The van der Waals surface area contributed by atoms with Crippen LogP contribution in [-0.4, -0.2) is 23.2 Å². The van der Waals surface area contributed by atoms with E-state index in [0.717, 1.165) is 13.1 Å². The average molecular weight is 155 g/mol. The van der Waals surface area contributed by atoms with Gasteiger partial charge in [-0.2, -0.15) is 0 Å². The van der Waals surface area contributed by atoms with Gasteiger partial charge in [-0.3, -0.25) is 0 Å². The van der Waals surface area contributed by atoms with Gasteiger partial charge in [0.25, 0.3) is 0 Å². The third kappa shape index (κ3) is 5.15. The van der Waals surface area contributed by atoms with Crippen molar-refractivity contribution in [1.82, 2.24) is 4.90 Å². The second-order valence-corrected chi connectivity index (χ2v) is 1.79. The maximum Gasteiger partial charge on any atom is 1.00 e. The van der Waals surface area contributed by atoms with Crippen LogP contribution in [0.15, 0.2) is 0 Å². The standard InChI is InChI=1S/C5H11NOS.Na/c1-3-6(4-2)5(7)8;/h3-4H2,1-2H3,(H,7,8);/q;+1/p-1. The van der Waals surface area contributed by atoms with Crippen LogP contribution in [0.2, 0.25) is 0 Å². The molecule has 0 aliphatic heterocycles. The summed E-state index contributed by atoms with van der Waals surface area (Å²) in [5.41, 5.74) is 0. The zero-order chi connectivity index (χ0) is 6.57. The summed E-state index contributed by atoms with van der Waals surface area (Å²) in [4.78, 5) is 1.59. The SMILES string of the molecule is CCN(CC)C([O-])=S.[Na+]. The molecule has 0 aromatic heterocycles. The van der Waals surface area contributed by atoms with Gasteiger partial charge in [0.1, 0.15) is 0 Å². The fourth-order valence-corrected chi connectivity index (χ4v) is 0.740. The van der Waals surface area contributed by atoms with Crippen LogP contribution in [0.1, 0.15) is 13.8 Å². The molecule has 0 heterocycles. The zero-order valence-electron chi connectivity index (χ0n) is 6.18. The number of thiocarbonyl (C=S) groups is 1. The van der Waals surface area contributed by atoms with E-state index in [1.54, 1.807) is 4.90 Å². The van der Waals surface area contributed by atoms with E-state index >= 15 is 0 Å². The van der Waals surface area contributed by atoms with Gasteiger partial charge in [-0.1, -0.05) is 12.2 Å². The molecular formula is C5H10NNaOS. The minimum absolute atomic E-state index is 0. The molecule has 0 saturated carbocycles. The maximum atomic E-state index is 10.3. The predicted octanol–water partition coefficient (Wildman–Crippen LogP) is -3.02. The molecule has 0 unspecified atom stereocenters. The summed E-state index contributed by atoms with van der Waals surface area (Å²) < 4.78 is 0. The van der Waals surface area contributed by atoms with Crippen molar-refractivity contribution in [3.05, 3.63) is 0 Å². The molecule has 0 aliphatic carbocycles. The van der Waals surface area contributed by atoms with Crippen molar-refractivity contribution in [2.24, 2.45) is 0 Å². The summed E-state index contributed by atoms with van der Waals surface area (Å²) in [5.74, 6) is 0. The first-order chi connectivity index (χ1) is 3.72. The van der Waals surface area contributed by atoms with E-state index in [9.17, 15) is 5.11 Å². The Morgan fingerprint density at radius 1 is 1.44 bits per heavy atom. The topological polar surface area (TPSA) is 26.3 Å². The molecule has 4 heteroatoms. The van der Waals surface area contributed by atoms with Crippen molar-refractivity contribution < 1.29 is 34.7 Å². The Hall–Kier alpha value is 0.690. The van der Waals surface area contributed by atoms with Crippen LogP contribution in [-0.2, 0) is 0 Å². The number of nitrogens with zero attached hydrogens (tertiary/aromatic N) is 1. The molecule has 0 bridgehead atoms. The molecule has 0 aromatic carbocycles. The molecule has 0 saturated heterocycles. The predicted molar refractivity (Wildman–Crippen MR) is 35.5 cm³/mol. The van der Waals surface area contributed by atoms with Crippen LogP contribution < -0.4 is 34.7 Å². The Bertz CT molecular complexity index is 85.0. The van der Waals surface area contributed by atoms with Gasteiger partial charge in [0.2, 0.25) is 0 Å². The van der Waals surface area contributed by atoms with Crippen molar-refractivity contribution in [2.45, 2.75) is 13.8 Å². The van der Waals surface area contributed by atoms with Gasteiger partial charge in [0.15, 0.2) is 0 Å². The minimum atomic E-state index is -0.255. The summed E-state index contributed by atoms with van der Waals surface area (Å²) in [6.07, 6.45) is 0.